The Bertz CT molecular complexity index is 1860. The monoisotopic (exact) mass is 588 g/mol. The first-order valence-electron chi connectivity index (χ1n) is 13.7. The second-order valence-electron chi connectivity index (χ2n) is 11.1. The van der Waals surface area contributed by atoms with E-state index in [9.17, 15) is 34.7 Å². The molecule has 4 aromatic rings. The zero-order valence-electron chi connectivity index (χ0n) is 24.1. The minimum absolute atomic E-state index is 0.0907. The van der Waals surface area contributed by atoms with Crippen LogP contribution >= 0.6 is 0 Å². The average molecular weight is 589 g/mol. The number of pyridine rings is 1. The van der Waals surface area contributed by atoms with Gasteiger partial charge in [-0.15, -0.1) is 5.10 Å². The molecule has 5 rings (SSSR count). The van der Waals surface area contributed by atoms with Gasteiger partial charge in [0.1, 0.15) is 23.6 Å². The van der Waals surface area contributed by atoms with Gasteiger partial charge in [0.2, 0.25) is 0 Å². The summed E-state index contributed by atoms with van der Waals surface area (Å²) < 4.78 is 65.5. The van der Waals surface area contributed by atoms with Crippen molar-refractivity contribution in [3.63, 3.8) is 0 Å². The van der Waals surface area contributed by atoms with Gasteiger partial charge in [0.15, 0.2) is 5.54 Å². The summed E-state index contributed by atoms with van der Waals surface area (Å²) in [6, 6.07) is 12.0. The minimum atomic E-state index is -4.58. The molecule has 1 atom stereocenters. The number of alkyl halides is 3. The van der Waals surface area contributed by atoms with Crippen LogP contribution in [0, 0.1) is 45.2 Å². The lowest BCUT2D eigenvalue weighted by molar-refractivity contribution is -0.182. The van der Waals surface area contributed by atoms with Crippen molar-refractivity contribution in [3.8, 4) is 18.2 Å². The van der Waals surface area contributed by atoms with Crippen LogP contribution < -0.4 is 10.6 Å². The molecule has 0 unspecified atom stereocenters. The Morgan fingerprint density at radius 2 is 1.79 bits per heavy atom. The Hall–Kier alpha value is -5.22. The zero-order valence-corrected chi connectivity index (χ0v) is 23.1. The summed E-state index contributed by atoms with van der Waals surface area (Å²) in [6.07, 6.45) is -2.33. The van der Waals surface area contributed by atoms with Gasteiger partial charge in [0, 0.05) is 30.2 Å². The second-order valence-corrected chi connectivity index (χ2v) is 11.1. The number of hydrogen-bond donors (Lipinski definition) is 2. The van der Waals surface area contributed by atoms with Crippen LogP contribution in [0.3, 0.4) is 0 Å². The van der Waals surface area contributed by atoms with Crippen molar-refractivity contribution >= 4 is 22.3 Å². The van der Waals surface area contributed by atoms with Gasteiger partial charge in [-0.05, 0) is 48.1 Å². The highest BCUT2D eigenvalue weighted by Crippen LogP contribution is 2.55. The molecular formula is C30H25F4N9. The van der Waals surface area contributed by atoms with Gasteiger partial charge in [-0.3, -0.25) is 4.98 Å². The number of aromatic nitrogens is 4. The van der Waals surface area contributed by atoms with E-state index in [2.05, 4.69) is 44.1 Å². The number of nitrogens with zero attached hydrogens (tertiary/aromatic N) is 7. The number of anilines is 2. The predicted octanol–water partition coefficient (Wildman–Crippen LogP) is 6.31. The molecular weight excluding hydrogens is 562 g/mol. The van der Waals surface area contributed by atoms with Crippen LogP contribution in [-0.2, 0) is 5.54 Å². The fourth-order valence-corrected chi connectivity index (χ4v) is 4.73. The van der Waals surface area contributed by atoms with E-state index in [0.717, 1.165) is 18.3 Å². The molecule has 13 heteroatoms. The van der Waals surface area contributed by atoms with Crippen LogP contribution in [0.5, 0.6) is 0 Å². The van der Waals surface area contributed by atoms with Crippen molar-refractivity contribution in [1.82, 2.24) is 20.0 Å². The molecule has 2 aromatic heterocycles. The molecule has 218 valence electrons. The highest BCUT2D eigenvalue weighted by atomic mass is 19.4. The molecule has 0 radical (unpaired) electrons. The van der Waals surface area contributed by atoms with E-state index in [1.165, 1.54) is 24.4 Å². The van der Waals surface area contributed by atoms with E-state index in [-0.39, 0.29) is 52.9 Å². The highest BCUT2D eigenvalue weighted by molar-refractivity contribution is 5.99. The Kier molecular flexibility index (Phi) is 7.07. The predicted molar refractivity (Wildman–Crippen MR) is 149 cm³/mol. The van der Waals surface area contributed by atoms with Gasteiger partial charge >= 0.3 is 6.18 Å². The van der Waals surface area contributed by atoms with E-state index in [1.54, 1.807) is 6.07 Å². The third-order valence-corrected chi connectivity index (χ3v) is 7.36. The topological polar surface area (TPSA) is 139 Å². The van der Waals surface area contributed by atoms with E-state index in [4.69, 9.17) is 0 Å². The SMILES string of the molecule is [2H][C@@](Nc1cc(C#N)c2ncc(C#N)c(NCC(C)(C)CC#N)c2c1)(c1ccc(F)cc1)c1cn(C2(C(F)(F)F)CC2)nn1. The lowest BCUT2D eigenvalue weighted by atomic mass is 9.90. The molecule has 1 saturated carbocycles. The first-order chi connectivity index (χ1) is 20.8. The van der Waals surface area contributed by atoms with E-state index >= 15 is 0 Å². The van der Waals surface area contributed by atoms with Crippen molar-refractivity contribution in [3.05, 3.63) is 77.0 Å². The van der Waals surface area contributed by atoms with Gasteiger partial charge in [-0.2, -0.15) is 29.0 Å². The molecule has 0 spiro atoms. The van der Waals surface area contributed by atoms with Gasteiger partial charge in [0.05, 0.1) is 42.0 Å². The molecule has 0 saturated heterocycles. The molecule has 0 aliphatic heterocycles. The van der Waals surface area contributed by atoms with Crippen LogP contribution in [-0.4, -0.2) is 32.7 Å². The quantitative estimate of drug-likeness (QED) is 0.217. The lowest BCUT2D eigenvalue weighted by Gasteiger charge is -2.24. The van der Waals surface area contributed by atoms with Crippen molar-refractivity contribution in [2.45, 2.75) is 50.8 Å². The number of rotatable bonds is 9. The standard InChI is InChI=1S/C30H25F4N9/c1-28(2,9-10-35)17-39-26-20(14-37)15-38-25-19(13-36)11-22(12-23(25)26)40-27(18-3-5-21(31)6-4-18)24-16-43(42-41-24)29(7-8-29)30(32,33)34/h3-6,11-12,15-16,27,40H,7-9,17H2,1-2H3,(H,38,39)/t27-/m1/s1/i27D. The largest absolute Gasteiger partial charge is 0.413 e. The number of halogens is 4. The Labute approximate surface area is 245 Å². The first kappa shape index (κ1) is 27.9. The summed E-state index contributed by atoms with van der Waals surface area (Å²) in [6.45, 7) is 4.05. The third-order valence-electron chi connectivity index (χ3n) is 7.36. The Morgan fingerprint density at radius 1 is 1.09 bits per heavy atom. The number of nitriles is 3. The number of hydrogen-bond acceptors (Lipinski definition) is 8. The van der Waals surface area contributed by atoms with Gasteiger partial charge in [-0.1, -0.05) is 31.2 Å². The molecule has 0 amide bonds. The maximum absolute atomic E-state index is 13.9. The van der Waals surface area contributed by atoms with Crippen LogP contribution in [0.2, 0.25) is 0 Å². The van der Waals surface area contributed by atoms with Crippen molar-refractivity contribution < 1.29 is 18.9 Å². The summed E-state index contributed by atoms with van der Waals surface area (Å²) in [7, 11) is 0. The fourth-order valence-electron chi connectivity index (χ4n) is 4.73. The zero-order chi connectivity index (χ0) is 31.9. The van der Waals surface area contributed by atoms with Crippen LogP contribution in [0.15, 0.2) is 48.8 Å². The van der Waals surface area contributed by atoms with Gasteiger partial charge < -0.3 is 10.6 Å². The fraction of sp³-hybridized carbons (Fsp3) is 0.333. The van der Waals surface area contributed by atoms with E-state index in [0.29, 0.717) is 22.3 Å². The van der Waals surface area contributed by atoms with Crippen molar-refractivity contribution in [1.29, 1.82) is 15.8 Å². The molecule has 1 aliphatic rings. The van der Waals surface area contributed by atoms with Crippen molar-refractivity contribution in [2.75, 3.05) is 17.2 Å². The molecule has 1 fully saturated rings. The van der Waals surface area contributed by atoms with Crippen LogP contribution in [0.4, 0.5) is 28.9 Å². The van der Waals surface area contributed by atoms with Crippen LogP contribution in [0.25, 0.3) is 10.9 Å². The molecule has 2 heterocycles. The van der Waals surface area contributed by atoms with Gasteiger partial charge in [0.25, 0.3) is 0 Å². The maximum Gasteiger partial charge on any atom is 0.413 e. The summed E-state index contributed by atoms with van der Waals surface area (Å²) in [5, 5.41) is 43.2. The summed E-state index contributed by atoms with van der Waals surface area (Å²) in [5.74, 6) is -0.587. The summed E-state index contributed by atoms with van der Waals surface area (Å²) >= 11 is 0. The normalized spacial score (nSPS) is 15.8. The molecule has 9 nitrogen and oxygen atoms in total. The van der Waals surface area contributed by atoms with E-state index < -0.39 is 29.0 Å². The summed E-state index contributed by atoms with van der Waals surface area (Å²) in [5.41, 5.74) is -1.67. The molecule has 2 aromatic carbocycles. The number of benzene rings is 2. The minimum Gasteiger partial charge on any atom is -0.383 e. The molecule has 2 N–H and O–H groups in total. The van der Waals surface area contributed by atoms with E-state index in [1.807, 2.05) is 13.8 Å². The van der Waals surface area contributed by atoms with Gasteiger partial charge in [-0.25, -0.2) is 9.07 Å². The maximum atomic E-state index is 13.9. The first-order valence-corrected chi connectivity index (χ1v) is 13.2. The third kappa shape index (κ3) is 5.64. The molecule has 1 aliphatic carbocycles. The van der Waals surface area contributed by atoms with Crippen molar-refractivity contribution in [2.24, 2.45) is 5.41 Å². The number of nitrogens with one attached hydrogen (secondary N) is 2. The summed E-state index contributed by atoms with van der Waals surface area (Å²) in [4.78, 5) is 4.30. The Balaban J connectivity index is 1.64. The second kappa shape index (κ2) is 10.9. The molecule has 43 heavy (non-hydrogen) atoms. The molecule has 0 bridgehead atoms. The number of fused-ring (bicyclic) bond motifs is 1. The highest BCUT2D eigenvalue weighted by Gasteiger charge is 2.66. The lowest BCUT2D eigenvalue weighted by Crippen LogP contribution is -2.35. The average Bonchev–Trinajstić information content (AvgIpc) is 3.65. The Morgan fingerprint density at radius 3 is 2.40 bits per heavy atom. The smallest absolute Gasteiger partial charge is 0.383 e. The van der Waals surface area contributed by atoms with Crippen LogP contribution in [0.1, 0.15) is 62.9 Å².